The molecule has 1 fully saturated rings. The fraction of sp³-hybridized carbons (Fsp3) is 0.500. The third-order valence-electron chi connectivity index (χ3n) is 3.43. The van der Waals surface area contributed by atoms with E-state index in [9.17, 15) is 4.79 Å². The third kappa shape index (κ3) is 2.43. The summed E-state index contributed by atoms with van der Waals surface area (Å²) in [6.07, 6.45) is 3.29. The van der Waals surface area contributed by atoms with Crippen molar-refractivity contribution in [2.45, 2.75) is 32.2 Å². The van der Waals surface area contributed by atoms with E-state index in [4.69, 9.17) is 4.74 Å². The molecule has 1 saturated heterocycles. The number of methoxy groups -OCH3 is 1. The summed E-state index contributed by atoms with van der Waals surface area (Å²) in [6.45, 7) is 3.02. The Morgan fingerprint density at radius 3 is 3.06 bits per heavy atom. The van der Waals surface area contributed by atoms with Crippen LogP contribution < -0.4 is 4.74 Å². The van der Waals surface area contributed by atoms with Crippen LogP contribution in [0.2, 0.25) is 0 Å². The number of nitrogens with zero attached hydrogens (tertiary/aromatic N) is 1. The number of carbonyl (C=O) groups excluding carboxylic acids is 1. The van der Waals surface area contributed by atoms with Crippen molar-refractivity contribution in [1.82, 2.24) is 4.90 Å². The SMILES string of the molecule is CCC1CCCN1C(=O)c1cccc(OC)c1. The van der Waals surface area contributed by atoms with Crippen LogP contribution in [0.1, 0.15) is 36.5 Å². The minimum absolute atomic E-state index is 0.133. The summed E-state index contributed by atoms with van der Waals surface area (Å²) in [4.78, 5) is 14.3. The number of ether oxygens (including phenoxy) is 1. The molecule has 92 valence electrons. The van der Waals surface area contributed by atoms with Crippen molar-refractivity contribution in [1.29, 1.82) is 0 Å². The zero-order chi connectivity index (χ0) is 12.3. The Kier molecular flexibility index (Phi) is 3.67. The summed E-state index contributed by atoms with van der Waals surface area (Å²) in [5.41, 5.74) is 0.727. The van der Waals surface area contributed by atoms with Crippen molar-refractivity contribution >= 4 is 5.91 Å². The lowest BCUT2D eigenvalue weighted by molar-refractivity contribution is 0.0733. The van der Waals surface area contributed by atoms with E-state index in [1.165, 1.54) is 0 Å². The molecule has 0 N–H and O–H groups in total. The van der Waals surface area contributed by atoms with Gasteiger partial charge in [-0.25, -0.2) is 0 Å². The molecule has 0 radical (unpaired) electrons. The van der Waals surface area contributed by atoms with E-state index < -0.39 is 0 Å². The molecule has 1 amide bonds. The zero-order valence-corrected chi connectivity index (χ0v) is 10.5. The van der Waals surface area contributed by atoms with Gasteiger partial charge < -0.3 is 9.64 Å². The van der Waals surface area contributed by atoms with Crippen molar-refractivity contribution in [2.24, 2.45) is 0 Å². The molecule has 3 heteroatoms. The number of amides is 1. The summed E-state index contributed by atoms with van der Waals surface area (Å²) in [6, 6.07) is 7.80. The van der Waals surface area contributed by atoms with E-state index >= 15 is 0 Å². The van der Waals surface area contributed by atoms with Crippen molar-refractivity contribution < 1.29 is 9.53 Å². The van der Waals surface area contributed by atoms with Crippen LogP contribution >= 0.6 is 0 Å². The molecule has 1 aromatic carbocycles. The van der Waals surface area contributed by atoms with Gasteiger partial charge in [-0.1, -0.05) is 13.0 Å². The number of hydrogen-bond donors (Lipinski definition) is 0. The van der Waals surface area contributed by atoms with Gasteiger partial charge in [0, 0.05) is 18.2 Å². The van der Waals surface area contributed by atoms with Crippen LogP contribution in [0, 0.1) is 0 Å². The molecule has 0 aliphatic carbocycles. The molecule has 1 atom stereocenters. The molecular weight excluding hydrogens is 214 g/mol. The first kappa shape index (κ1) is 12.0. The van der Waals surface area contributed by atoms with Gasteiger partial charge >= 0.3 is 0 Å². The first-order valence-corrected chi connectivity index (χ1v) is 6.21. The molecule has 1 aliphatic rings. The molecule has 1 heterocycles. The van der Waals surface area contributed by atoms with Crippen LogP contribution in [0.4, 0.5) is 0 Å². The van der Waals surface area contributed by atoms with E-state index in [1.807, 2.05) is 29.2 Å². The van der Waals surface area contributed by atoms with Gasteiger partial charge in [-0.2, -0.15) is 0 Å². The monoisotopic (exact) mass is 233 g/mol. The molecule has 1 aromatic rings. The molecule has 2 rings (SSSR count). The molecule has 0 saturated carbocycles. The molecule has 1 unspecified atom stereocenters. The molecule has 0 bridgehead atoms. The lowest BCUT2D eigenvalue weighted by Gasteiger charge is -2.23. The smallest absolute Gasteiger partial charge is 0.254 e. The van der Waals surface area contributed by atoms with Crippen LogP contribution in [0.5, 0.6) is 5.75 Å². The lowest BCUT2D eigenvalue weighted by Crippen LogP contribution is -2.35. The standard InChI is InChI=1S/C14H19NO2/c1-3-12-7-5-9-15(12)14(16)11-6-4-8-13(10-11)17-2/h4,6,8,10,12H,3,5,7,9H2,1-2H3. The van der Waals surface area contributed by atoms with Crippen molar-refractivity contribution in [3.63, 3.8) is 0 Å². The lowest BCUT2D eigenvalue weighted by atomic mass is 10.1. The maximum Gasteiger partial charge on any atom is 0.254 e. The highest BCUT2D eigenvalue weighted by Gasteiger charge is 2.27. The average molecular weight is 233 g/mol. The topological polar surface area (TPSA) is 29.5 Å². The van der Waals surface area contributed by atoms with Crippen molar-refractivity contribution in [3.8, 4) is 5.75 Å². The molecule has 17 heavy (non-hydrogen) atoms. The second-order valence-corrected chi connectivity index (χ2v) is 4.43. The highest BCUT2D eigenvalue weighted by molar-refractivity contribution is 5.95. The van der Waals surface area contributed by atoms with Crippen molar-refractivity contribution in [3.05, 3.63) is 29.8 Å². The summed E-state index contributed by atoms with van der Waals surface area (Å²) >= 11 is 0. The van der Waals surface area contributed by atoms with Crippen LogP contribution in [-0.4, -0.2) is 30.5 Å². The summed E-state index contributed by atoms with van der Waals surface area (Å²) in [7, 11) is 1.62. The van der Waals surface area contributed by atoms with Gasteiger partial charge in [0.25, 0.3) is 5.91 Å². The first-order chi connectivity index (χ1) is 8.26. The summed E-state index contributed by atoms with van der Waals surface area (Å²) in [5.74, 6) is 0.872. The number of likely N-dealkylation sites (tertiary alicyclic amines) is 1. The quantitative estimate of drug-likeness (QED) is 0.803. The Hall–Kier alpha value is -1.51. The number of hydrogen-bond acceptors (Lipinski definition) is 2. The van der Waals surface area contributed by atoms with Gasteiger partial charge in [0.15, 0.2) is 0 Å². The Morgan fingerprint density at radius 2 is 2.35 bits per heavy atom. The minimum Gasteiger partial charge on any atom is -0.497 e. The van der Waals surface area contributed by atoms with Gasteiger partial charge in [0.2, 0.25) is 0 Å². The van der Waals surface area contributed by atoms with Crippen molar-refractivity contribution in [2.75, 3.05) is 13.7 Å². The fourth-order valence-corrected chi connectivity index (χ4v) is 2.45. The normalized spacial score (nSPS) is 19.4. The van der Waals surface area contributed by atoms with Crippen LogP contribution in [-0.2, 0) is 0 Å². The van der Waals surface area contributed by atoms with E-state index in [1.54, 1.807) is 7.11 Å². The predicted octanol–water partition coefficient (Wildman–Crippen LogP) is 2.71. The van der Waals surface area contributed by atoms with Crippen LogP contribution in [0.15, 0.2) is 24.3 Å². The maximum absolute atomic E-state index is 12.4. The van der Waals surface area contributed by atoms with Gasteiger partial charge in [0.1, 0.15) is 5.75 Å². The fourth-order valence-electron chi connectivity index (χ4n) is 2.45. The largest absolute Gasteiger partial charge is 0.497 e. The molecule has 3 nitrogen and oxygen atoms in total. The van der Waals surface area contributed by atoms with Gasteiger partial charge in [-0.15, -0.1) is 0 Å². The van der Waals surface area contributed by atoms with Crippen LogP contribution in [0.3, 0.4) is 0 Å². The first-order valence-electron chi connectivity index (χ1n) is 6.21. The summed E-state index contributed by atoms with van der Waals surface area (Å²) < 4.78 is 5.15. The summed E-state index contributed by atoms with van der Waals surface area (Å²) in [5, 5.41) is 0. The number of rotatable bonds is 3. The van der Waals surface area contributed by atoms with E-state index in [-0.39, 0.29) is 5.91 Å². The molecule has 0 spiro atoms. The van der Waals surface area contributed by atoms with Crippen LogP contribution in [0.25, 0.3) is 0 Å². The highest BCUT2D eigenvalue weighted by Crippen LogP contribution is 2.23. The molecule has 1 aliphatic heterocycles. The van der Waals surface area contributed by atoms with Gasteiger partial charge in [0.05, 0.1) is 7.11 Å². The third-order valence-corrected chi connectivity index (χ3v) is 3.43. The van der Waals surface area contributed by atoms with Gasteiger partial charge in [-0.3, -0.25) is 4.79 Å². The molecular formula is C14H19NO2. The zero-order valence-electron chi connectivity index (χ0n) is 10.5. The van der Waals surface area contributed by atoms with Gasteiger partial charge in [-0.05, 0) is 37.5 Å². The Morgan fingerprint density at radius 1 is 1.53 bits per heavy atom. The second-order valence-electron chi connectivity index (χ2n) is 4.43. The Balaban J connectivity index is 2.18. The highest BCUT2D eigenvalue weighted by atomic mass is 16.5. The minimum atomic E-state index is 0.133. The number of carbonyl (C=O) groups is 1. The molecule has 0 aromatic heterocycles. The Bertz CT molecular complexity index is 403. The van der Waals surface area contributed by atoms with E-state index in [0.717, 1.165) is 37.1 Å². The maximum atomic E-state index is 12.4. The second kappa shape index (κ2) is 5.21. The Labute approximate surface area is 102 Å². The average Bonchev–Trinajstić information content (AvgIpc) is 2.86. The van der Waals surface area contributed by atoms with E-state index in [0.29, 0.717) is 6.04 Å². The van der Waals surface area contributed by atoms with E-state index in [2.05, 4.69) is 6.92 Å². The predicted molar refractivity (Wildman–Crippen MR) is 67.3 cm³/mol. The number of benzene rings is 1.